The first-order valence-electron chi connectivity index (χ1n) is 2.88. The molecule has 0 aliphatic heterocycles. The van der Waals surface area contributed by atoms with Crippen molar-refractivity contribution in [2.45, 2.75) is 0 Å². The molecular formula is C6H6FO3P. The lowest BCUT2D eigenvalue weighted by molar-refractivity contribution is -0.00737. The van der Waals surface area contributed by atoms with E-state index in [0.717, 1.165) is 0 Å². The minimum atomic E-state index is -3.00. The highest BCUT2D eigenvalue weighted by molar-refractivity contribution is 7.33. The third-order valence-corrected chi connectivity index (χ3v) is 1.54. The summed E-state index contributed by atoms with van der Waals surface area (Å²) < 4.78 is 29.0. The van der Waals surface area contributed by atoms with Gasteiger partial charge in [0, 0.05) is 0 Å². The molecule has 0 aliphatic carbocycles. The molecule has 3 nitrogen and oxygen atoms in total. The van der Waals surface area contributed by atoms with Crippen LogP contribution in [0.3, 0.4) is 0 Å². The molecule has 1 unspecified atom stereocenters. The van der Waals surface area contributed by atoms with Gasteiger partial charge in [0.05, 0.1) is 0 Å². The van der Waals surface area contributed by atoms with Crippen molar-refractivity contribution in [3.8, 4) is 5.75 Å². The standard InChI is InChI=1S/C6H6FO3P/c7-10-11(8)9-6-4-2-1-3-5-6/h1-5,11H. The van der Waals surface area contributed by atoms with E-state index >= 15 is 0 Å². The summed E-state index contributed by atoms with van der Waals surface area (Å²) in [5.41, 5.74) is 0. The molecule has 0 heterocycles. The van der Waals surface area contributed by atoms with Crippen molar-refractivity contribution in [2.75, 3.05) is 0 Å². The molecule has 11 heavy (non-hydrogen) atoms. The Bertz CT molecular complexity index is 239. The van der Waals surface area contributed by atoms with E-state index in [0.29, 0.717) is 5.75 Å². The zero-order valence-corrected chi connectivity index (χ0v) is 6.49. The van der Waals surface area contributed by atoms with Crippen molar-refractivity contribution in [1.82, 2.24) is 0 Å². The minimum absolute atomic E-state index is 0.328. The lowest BCUT2D eigenvalue weighted by atomic mass is 10.3. The van der Waals surface area contributed by atoms with E-state index in [4.69, 9.17) is 0 Å². The Hall–Kier alpha value is -0.860. The molecule has 0 amide bonds. The fourth-order valence-corrected chi connectivity index (χ4v) is 0.961. The van der Waals surface area contributed by atoms with Gasteiger partial charge in [0.15, 0.2) is 0 Å². The third kappa shape index (κ3) is 2.70. The Morgan fingerprint density at radius 3 is 2.45 bits per heavy atom. The summed E-state index contributed by atoms with van der Waals surface area (Å²) in [7, 11) is -3.00. The molecule has 0 N–H and O–H groups in total. The van der Waals surface area contributed by atoms with Gasteiger partial charge < -0.3 is 4.52 Å². The molecule has 0 aliphatic rings. The van der Waals surface area contributed by atoms with E-state index in [1.807, 2.05) is 0 Å². The summed E-state index contributed by atoms with van der Waals surface area (Å²) in [6.45, 7) is 0. The van der Waals surface area contributed by atoms with E-state index in [9.17, 15) is 9.09 Å². The molecule has 1 rings (SSSR count). The average Bonchev–Trinajstić information content (AvgIpc) is 2.06. The predicted octanol–water partition coefficient (Wildman–Crippen LogP) is 2.36. The van der Waals surface area contributed by atoms with Crippen molar-refractivity contribution >= 4 is 8.25 Å². The number of halogens is 1. The molecule has 0 aromatic heterocycles. The number of rotatable bonds is 3. The molecular weight excluding hydrogens is 170 g/mol. The summed E-state index contributed by atoms with van der Waals surface area (Å²) in [6.07, 6.45) is 0. The van der Waals surface area contributed by atoms with Crippen LogP contribution in [0.2, 0.25) is 0 Å². The number of hydrogen-bond donors (Lipinski definition) is 0. The Morgan fingerprint density at radius 2 is 1.91 bits per heavy atom. The van der Waals surface area contributed by atoms with Gasteiger partial charge in [0.2, 0.25) is 0 Å². The number of hydrogen-bond acceptors (Lipinski definition) is 3. The summed E-state index contributed by atoms with van der Waals surface area (Å²) >= 11 is 0. The second-order valence-electron chi connectivity index (χ2n) is 1.74. The van der Waals surface area contributed by atoms with Crippen LogP contribution < -0.4 is 4.52 Å². The predicted molar refractivity (Wildman–Crippen MR) is 38.3 cm³/mol. The molecule has 1 aromatic rings. The molecule has 0 fully saturated rings. The largest absolute Gasteiger partial charge is 0.425 e. The molecule has 60 valence electrons. The minimum Gasteiger partial charge on any atom is -0.425 e. The third-order valence-electron chi connectivity index (χ3n) is 1.01. The van der Waals surface area contributed by atoms with Crippen LogP contribution in [0.4, 0.5) is 4.53 Å². The molecule has 1 atom stereocenters. The van der Waals surface area contributed by atoms with Gasteiger partial charge in [0.25, 0.3) is 0 Å². The zero-order chi connectivity index (χ0) is 8.10. The van der Waals surface area contributed by atoms with Crippen molar-refractivity contribution < 1.29 is 18.3 Å². The van der Waals surface area contributed by atoms with Gasteiger partial charge in [0.1, 0.15) is 5.75 Å². The van der Waals surface area contributed by atoms with Crippen molar-refractivity contribution in [2.24, 2.45) is 0 Å². The fraction of sp³-hybridized carbons (Fsp3) is 0. The van der Waals surface area contributed by atoms with E-state index in [1.165, 1.54) is 0 Å². The van der Waals surface area contributed by atoms with Crippen LogP contribution in [-0.2, 0) is 9.29 Å². The summed E-state index contributed by atoms with van der Waals surface area (Å²) in [5, 5.41) is 0. The molecule has 0 saturated heterocycles. The van der Waals surface area contributed by atoms with Crippen LogP contribution in [0.15, 0.2) is 30.3 Å². The summed E-state index contributed by atoms with van der Waals surface area (Å²) in [6, 6.07) is 8.25. The highest BCUT2D eigenvalue weighted by atomic mass is 31.1. The Morgan fingerprint density at radius 1 is 1.27 bits per heavy atom. The second-order valence-corrected chi connectivity index (χ2v) is 2.60. The maximum absolute atomic E-state index is 11.2. The molecule has 0 radical (unpaired) electrons. The monoisotopic (exact) mass is 176 g/mol. The van der Waals surface area contributed by atoms with Gasteiger partial charge in [-0.05, 0) is 16.7 Å². The first kappa shape index (κ1) is 8.24. The van der Waals surface area contributed by atoms with E-state index in [1.54, 1.807) is 30.3 Å². The Labute approximate surface area is 63.6 Å². The van der Waals surface area contributed by atoms with Gasteiger partial charge in [-0.15, -0.1) is 0 Å². The van der Waals surface area contributed by atoms with Crippen molar-refractivity contribution in [3.63, 3.8) is 0 Å². The van der Waals surface area contributed by atoms with Crippen LogP contribution in [-0.4, -0.2) is 0 Å². The molecule has 1 aromatic carbocycles. The molecule has 0 bridgehead atoms. The SMILES string of the molecule is O=[PH](OF)Oc1ccccc1. The molecule has 0 spiro atoms. The summed E-state index contributed by atoms with van der Waals surface area (Å²) in [5.74, 6) is 0.328. The lowest BCUT2D eigenvalue weighted by Crippen LogP contribution is -1.78. The summed E-state index contributed by atoms with van der Waals surface area (Å²) in [4.78, 5) is 0. The van der Waals surface area contributed by atoms with E-state index in [-0.39, 0.29) is 0 Å². The first-order valence-corrected chi connectivity index (χ1v) is 4.11. The maximum Gasteiger partial charge on any atom is 0.399 e. The lowest BCUT2D eigenvalue weighted by Gasteiger charge is -1.99. The van der Waals surface area contributed by atoms with Gasteiger partial charge >= 0.3 is 8.25 Å². The second kappa shape index (κ2) is 4.11. The van der Waals surface area contributed by atoms with Crippen LogP contribution in [0.1, 0.15) is 0 Å². The van der Waals surface area contributed by atoms with Gasteiger partial charge in [-0.1, -0.05) is 22.9 Å². The van der Waals surface area contributed by atoms with Gasteiger partial charge in [-0.25, -0.2) is 4.57 Å². The number of benzene rings is 1. The maximum atomic E-state index is 11.2. The van der Waals surface area contributed by atoms with E-state index in [2.05, 4.69) is 9.25 Å². The Kier molecular flexibility index (Phi) is 3.08. The average molecular weight is 176 g/mol. The topological polar surface area (TPSA) is 35.5 Å². The highest BCUT2D eigenvalue weighted by Gasteiger charge is 1.99. The normalized spacial score (nSPS) is 12.5. The fourth-order valence-electron chi connectivity index (χ4n) is 0.601. The quantitative estimate of drug-likeness (QED) is 0.663. The smallest absolute Gasteiger partial charge is 0.399 e. The van der Waals surface area contributed by atoms with E-state index < -0.39 is 8.25 Å². The van der Waals surface area contributed by atoms with Gasteiger partial charge in [-0.3, -0.25) is 0 Å². The van der Waals surface area contributed by atoms with Crippen molar-refractivity contribution in [3.05, 3.63) is 30.3 Å². The molecule has 5 heteroatoms. The first-order chi connectivity index (χ1) is 5.33. The van der Waals surface area contributed by atoms with Gasteiger partial charge in [-0.2, -0.15) is 0 Å². The number of para-hydroxylation sites is 1. The Balaban J connectivity index is 2.58. The van der Waals surface area contributed by atoms with Crippen molar-refractivity contribution in [1.29, 1.82) is 0 Å². The van der Waals surface area contributed by atoms with Crippen LogP contribution in [0.25, 0.3) is 0 Å². The van der Waals surface area contributed by atoms with Crippen LogP contribution in [0.5, 0.6) is 5.75 Å². The zero-order valence-electron chi connectivity index (χ0n) is 5.49. The highest BCUT2D eigenvalue weighted by Crippen LogP contribution is 2.27. The van der Waals surface area contributed by atoms with Crippen LogP contribution in [0, 0.1) is 0 Å². The molecule has 0 saturated carbocycles. The van der Waals surface area contributed by atoms with Crippen LogP contribution >= 0.6 is 8.25 Å².